The van der Waals surface area contributed by atoms with Gasteiger partial charge >= 0.3 is 11.9 Å². The molecule has 0 amide bonds. The third-order valence-corrected chi connectivity index (χ3v) is 6.47. The van der Waals surface area contributed by atoms with Crippen molar-refractivity contribution in [1.29, 1.82) is 0 Å². The number of hydrogen-bond acceptors (Lipinski definition) is 8. The number of ether oxygens (including phenoxy) is 2. The molecule has 0 aromatic heterocycles. The second kappa shape index (κ2) is 8.29. The largest absolute Gasteiger partial charge is 0.467 e. The van der Waals surface area contributed by atoms with Crippen molar-refractivity contribution in [2.75, 3.05) is 7.11 Å². The molecule has 1 atom stereocenters. The van der Waals surface area contributed by atoms with E-state index in [2.05, 4.69) is 0 Å². The van der Waals surface area contributed by atoms with Gasteiger partial charge in [-0.1, -0.05) is 26.0 Å². The van der Waals surface area contributed by atoms with E-state index in [0.29, 0.717) is 0 Å². The van der Waals surface area contributed by atoms with Crippen LogP contribution in [0.5, 0.6) is 0 Å². The third-order valence-electron chi connectivity index (χ3n) is 4.61. The Labute approximate surface area is 181 Å². The van der Waals surface area contributed by atoms with Gasteiger partial charge in [-0.2, -0.15) is 0 Å². The number of nitro benzene ring substituents is 1. The van der Waals surface area contributed by atoms with E-state index in [4.69, 9.17) is 9.47 Å². The van der Waals surface area contributed by atoms with Gasteiger partial charge in [0.1, 0.15) is 11.6 Å². The summed E-state index contributed by atoms with van der Waals surface area (Å²) in [4.78, 5) is 35.0. The minimum atomic E-state index is -4.61. The summed E-state index contributed by atoms with van der Waals surface area (Å²) in [5.41, 5.74) is -2.45. The van der Waals surface area contributed by atoms with Crippen LogP contribution in [-0.4, -0.2) is 48.3 Å². The monoisotopic (exact) mass is 454 g/mol. The van der Waals surface area contributed by atoms with Crippen LogP contribution in [0, 0.1) is 15.5 Å². The van der Waals surface area contributed by atoms with E-state index in [1.54, 1.807) is 34.6 Å². The lowest BCUT2D eigenvalue weighted by atomic mass is 9.84. The summed E-state index contributed by atoms with van der Waals surface area (Å²) in [5, 5.41) is 11.4. The molecular weight excluding hydrogens is 428 g/mol. The first-order chi connectivity index (χ1) is 14.1. The highest BCUT2D eigenvalue weighted by Crippen LogP contribution is 2.46. The summed E-state index contributed by atoms with van der Waals surface area (Å²) in [5.74, 6) is -1.65. The van der Waals surface area contributed by atoms with Crippen molar-refractivity contribution < 1.29 is 32.4 Å². The number of para-hydroxylation sites is 1. The van der Waals surface area contributed by atoms with Crippen molar-refractivity contribution in [3.63, 3.8) is 0 Å². The molecule has 0 aliphatic carbocycles. The maximum absolute atomic E-state index is 13.6. The third kappa shape index (κ3) is 5.04. The molecule has 0 spiro atoms. The zero-order valence-corrected chi connectivity index (χ0v) is 19.1. The predicted octanol–water partition coefficient (Wildman–Crippen LogP) is 2.78. The van der Waals surface area contributed by atoms with E-state index >= 15 is 0 Å². The summed E-state index contributed by atoms with van der Waals surface area (Å²) < 4.78 is 38.0. The number of esters is 2. The SMILES string of the molecule is COC(=O)[C@H]1N(S(=O)(=O)c2ccccc2[N+](=O)[O-])/C(=C/C(=O)OC(C)(C)C)CC1(C)C. The summed E-state index contributed by atoms with van der Waals surface area (Å²) in [7, 11) is -3.50. The fourth-order valence-electron chi connectivity index (χ4n) is 3.46. The molecule has 1 aliphatic heterocycles. The van der Waals surface area contributed by atoms with E-state index in [9.17, 15) is 28.1 Å². The first-order valence-corrected chi connectivity index (χ1v) is 10.8. The summed E-state index contributed by atoms with van der Waals surface area (Å²) in [6.07, 6.45) is 1.02. The summed E-state index contributed by atoms with van der Waals surface area (Å²) in [6, 6.07) is 3.47. The van der Waals surface area contributed by atoms with Gasteiger partial charge < -0.3 is 9.47 Å². The van der Waals surface area contributed by atoms with Crippen LogP contribution < -0.4 is 0 Å². The van der Waals surface area contributed by atoms with Crippen molar-refractivity contribution in [2.45, 2.75) is 57.6 Å². The molecule has 31 heavy (non-hydrogen) atoms. The Morgan fingerprint density at radius 1 is 1.26 bits per heavy atom. The number of hydrogen-bond donors (Lipinski definition) is 0. The maximum atomic E-state index is 13.6. The Hall–Kier alpha value is -2.95. The molecule has 1 fully saturated rings. The molecule has 1 saturated heterocycles. The molecular formula is C20H26N2O8S. The van der Waals surface area contributed by atoms with E-state index in [0.717, 1.165) is 29.6 Å². The van der Waals surface area contributed by atoms with Gasteiger partial charge in [-0.15, -0.1) is 0 Å². The first-order valence-electron chi connectivity index (χ1n) is 9.41. The maximum Gasteiger partial charge on any atom is 0.333 e. The van der Waals surface area contributed by atoms with Crippen LogP contribution >= 0.6 is 0 Å². The Kier molecular flexibility index (Phi) is 6.51. The molecule has 1 aromatic carbocycles. The van der Waals surface area contributed by atoms with E-state index in [1.165, 1.54) is 12.1 Å². The number of allylic oxidation sites excluding steroid dienone is 1. The predicted molar refractivity (Wildman–Crippen MR) is 110 cm³/mol. The van der Waals surface area contributed by atoms with E-state index in [1.807, 2.05) is 0 Å². The van der Waals surface area contributed by atoms with Gasteiger partial charge in [-0.3, -0.25) is 14.4 Å². The number of sulfonamides is 1. The Morgan fingerprint density at radius 2 is 1.84 bits per heavy atom. The minimum Gasteiger partial charge on any atom is -0.467 e. The van der Waals surface area contributed by atoms with Crippen LogP contribution in [0.3, 0.4) is 0 Å². The first kappa shape index (κ1) is 24.3. The molecule has 0 bridgehead atoms. The smallest absolute Gasteiger partial charge is 0.333 e. The number of carbonyl (C=O) groups is 2. The van der Waals surface area contributed by atoms with Crippen LogP contribution in [0.2, 0.25) is 0 Å². The van der Waals surface area contributed by atoms with Crippen molar-refractivity contribution >= 4 is 27.6 Å². The minimum absolute atomic E-state index is 0.0197. The molecule has 2 rings (SSSR count). The van der Waals surface area contributed by atoms with Gasteiger partial charge in [0, 0.05) is 23.3 Å². The number of nitrogens with zero attached hydrogens (tertiary/aromatic N) is 2. The molecule has 0 saturated carbocycles. The molecule has 170 valence electrons. The number of benzene rings is 1. The standard InChI is InChI=1S/C20H26N2O8S/c1-19(2,3)30-16(23)11-13-12-20(4,5)17(18(24)29-6)21(13)31(27,28)15-10-8-7-9-14(15)22(25)26/h7-11,17H,12H2,1-6H3/b13-11+/t17-/m1/s1. The van der Waals surface area contributed by atoms with E-state index < -0.39 is 54.5 Å². The number of nitro groups is 1. The molecule has 0 unspecified atom stereocenters. The normalized spacial score (nSPS) is 19.9. The molecule has 0 N–H and O–H groups in total. The number of methoxy groups -OCH3 is 1. The van der Waals surface area contributed by atoms with Crippen molar-refractivity contribution in [2.24, 2.45) is 5.41 Å². The van der Waals surface area contributed by atoms with Crippen molar-refractivity contribution in [3.8, 4) is 0 Å². The highest BCUT2D eigenvalue weighted by molar-refractivity contribution is 7.89. The van der Waals surface area contributed by atoms with Gasteiger partial charge in [0.15, 0.2) is 4.90 Å². The molecule has 10 nitrogen and oxygen atoms in total. The average molecular weight is 455 g/mol. The molecule has 1 heterocycles. The zero-order chi connectivity index (χ0) is 23.8. The highest BCUT2D eigenvalue weighted by Gasteiger charge is 2.54. The highest BCUT2D eigenvalue weighted by atomic mass is 32.2. The second-order valence-corrected chi connectivity index (χ2v) is 10.6. The van der Waals surface area contributed by atoms with E-state index in [-0.39, 0.29) is 12.1 Å². The number of carbonyl (C=O) groups excluding carboxylic acids is 2. The fourth-order valence-corrected chi connectivity index (χ4v) is 5.40. The van der Waals surface area contributed by atoms with Crippen molar-refractivity contribution in [3.05, 3.63) is 46.2 Å². The van der Waals surface area contributed by atoms with Crippen LogP contribution in [0.25, 0.3) is 0 Å². The van der Waals surface area contributed by atoms with Gasteiger partial charge in [-0.05, 0) is 33.3 Å². The van der Waals surface area contributed by atoms with Crippen molar-refractivity contribution in [1.82, 2.24) is 4.31 Å². The lowest BCUT2D eigenvalue weighted by Gasteiger charge is -2.30. The Balaban J connectivity index is 2.73. The quantitative estimate of drug-likeness (QED) is 0.287. The molecule has 0 radical (unpaired) electrons. The van der Waals surface area contributed by atoms with Crippen LogP contribution in [0.4, 0.5) is 5.69 Å². The van der Waals surface area contributed by atoms with Gasteiger partial charge in [-0.25, -0.2) is 18.0 Å². The van der Waals surface area contributed by atoms with Crippen LogP contribution in [0.15, 0.2) is 40.9 Å². The Bertz CT molecular complexity index is 1040. The fraction of sp³-hybridized carbons (Fsp3) is 0.500. The molecule has 1 aliphatic rings. The second-order valence-electron chi connectivity index (χ2n) is 8.79. The lowest BCUT2D eigenvalue weighted by Crippen LogP contribution is -2.46. The van der Waals surface area contributed by atoms with Gasteiger partial charge in [0.05, 0.1) is 12.0 Å². The van der Waals surface area contributed by atoms with Crippen LogP contribution in [-0.2, 0) is 29.1 Å². The number of rotatable bonds is 5. The van der Waals surface area contributed by atoms with Crippen LogP contribution in [0.1, 0.15) is 41.0 Å². The topological polar surface area (TPSA) is 133 Å². The van der Waals surface area contributed by atoms with Gasteiger partial charge in [0.25, 0.3) is 15.7 Å². The zero-order valence-electron chi connectivity index (χ0n) is 18.2. The van der Waals surface area contributed by atoms with Gasteiger partial charge in [0.2, 0.25) is 0 Å². The summed E-state index contributed by atoms with van der Waals surface area (Å²) in [6.45, 7) is 8.25. The molecule has 1 aromatic rings. The molecule has 11 heteroatoms. The Morgan fingerprint density at radius 3 is 2.35 bits per heavy atom. The summed E-state index contributed by atoms with van der Waals surface area (Å²) >= 11 is 0. The lowest BCUT2D eigenvalue weighted by molar-refractivity contribution is -0.387. The average Bonchev–Trinajstić information content (AvgIpc) is 2.89.